The van der Waals surface area contributed by atoms with Crippen molar-refractivity contribution in [2.45, 2.75) is 12.5 Å². The number of carbonyl (C=O) groups is 2. The molecule has 0 spiro atoms. The first-order valence-electron chi connectivity index (χ1n) is 5.95. The van der Waals surface area contributed by atoms with Gasteiger partial charge in [0.2, 0.25) is 11.8 Å². The number of nitrogens with two attached hydrogens (primary N) is 1. The molecule has 20 heavy (non-hydrogen) atoms. The molecule has 0 aliphatic rings. The summed E-state index contributed by atoms with van der Waals surface area (Å²) in [6.45, 7) is -0.0145. The van der Waals surface area contributed by atoms with Crippen LogP contribution in [-0.2, 0) is 14.3 Å². The van der Waals surface area contributed by atoms with Gasteiger partial charge in [-0.05, 0) is 24.3 Å². The van der Waals surface area contributed by atoms with Gasteiger partial charge in [0, 0.05) is 24.9 Å². The van der Waals surface area contributed by atoms with Crippen LogP contribution in [0.5, 0.6) is 0 Å². The van der Waals surface area contributed by atoms with Crippen molar-refractivity contribution >= 4 is 23.2 Å². The SMILES string of the molecule is C#CCC(N)C(=O)Nc1ccc(NC(=O)COC)cc1. The third-order valence-electron chi connectivity index (χ3n) is 2.39. The van der Waals surface area contributed by atoms with Crippen molar-refractivity contribution in [1.29, 1.82) is 0 Å². The van der Waals surface area contributed by atoms with E-state index in [0.29, 0.717) is 11.4 Å². The van der Waals surface area contributed by atoms with Crippen molar-refractivity contribution in [3.05, 3.63) is 24.3 Å². The van der Waals surface area contributed by atoms with Gasteiger partial charge in [-0.15, -0.1) is 12.3 Å². The Bertz CT molecular complexity index is 505. The summed E-state index contributed by atoms with van der Waals surface area (Å²) >= 11 is 0. The number of rotatable bonds is 6. The molecule has 0 aliphatic heterocycles. The number of benzene rings is 1. The van der Waals surface area contributed by atoms with E-state index in [1.807, 2.05) is 0 Å². The average Bonchev–Trinajstić information content (AvgIpc) is 2.41. The van der Waals surface area contributed by atoms with Crippen LogP contribution in [0.3, 0.4) is 0 Å². The number of amides is 2. The molecule has 1 unspecified atom stereocenters. The molecule has 0 heterocycles. The monoisotopic (exact) mass is 275 g/mol. The third kappa shape index (κ3) is 5.10. The molecule has 0 saturated carbocycles. The molecule has 1 aromatic rings. The predicted molar refractivity (Wildman–Crippen MR) is 77.0 cm³/mol. The molecule has 0 radical (unpaired) electrons. The second-order valence-electron chi connectivity index (χ2n) is 4.06. The molecule has 1 rings (SSSR count). The topological polar surface area (TPSA) is 93.5 Å². The molecule has 6 heteroatoms. The van der Waals surface area contributed by atoms with Crippen LogP contribution in [0.25, 0.3) is 0 Å². The number of terminal acetylenes is 1. The Labute approximate surface area is 117 Å². The standard InChI is InChI=1S/C14H17N3O3/c1-3-4-12(15)14(19)17-11-7-5-10(6-8-11)16-13(18)9-20-2/h1,5-8,12H,4,9,15H2,2H3,(H,16,18)(H,17,19). The van der Waals surface area contributed by atoms with E-state index in [1.165, 1.54) is 7.11 Å². The molecule has 106 valence electrons. The fraction of sp³-hybridized carbons (Fsp3) is 0.286. The van der Waals surface area contributed by atoms with E-state index < -0.39 is 6.04 Å². The maximum Gasteiger partial charge on any atom is 0.250 e. The Morgan fingerprint density at radius 2 is 1.85 bits per heavy atom. The van der Waals surface area contributed by atoms with Gasteiger partial charge in [0.15, 0.2) is 0 Å². The summed E-state index contributed by atoms with van der Waals surface area (Å²) < 4.78 is 4.70. The minimum atomic E-state index is -0.735. The van der Waals surface area contributed by atoms with Gasteiger partial charge in [0.25, 0.3) is 0 Å². The molecular weight excluding hydrogens is 258 g/mol. The predicted octanol–water partition coefficient (Wildman–Crippen LogP) is 0.561. The Kier molecular flexibility index (Phi) is 6.23. The van der Waals surface area contributed by atoms with E-state index in [1.54, 1.807) is 24.3 Å². The Morgan fingerprint density at radius 3 is 2.35 bits per heavy atom. The van der Waals surface area contributed by atoms with E-state index in [9.17, 15) is 9.59 Å². The number of hydrogen-bond donors (Lipinski definition) is 3. The molecule has 0 aliphatic carbocycles. The van der Waals surface area contributed by atoms with Gasteiger partial charge < -0.3 is 21.1 Å². The maximum absolute atomic E-state index is 11.6. The fourth-order valence-electron chi connectivity index (χ4n) is 1.42. The van der Waals surface area contributed by atoms with Gasteiger partial charge in [-0.3, -0.25) is 9.59 Å². The van der Waals surface area contributed by atoms with E-state index in [2.05, 4.69) is 16.6 Å². The smallest absolute Gasteiger partial charge is 0.250 e. The first kappa shape index (κ1) is 15.7. The van der Waals surface area contributed by atoms with Crippen molar-refractivity contribution < 1.29 is 14.3 Å². The van der Waals surface area contributed by atoms with Gasteiger partial charge in [0.1, 0.15) is 6.61 Å². The Balaban J connectivity index is 2.56. The summed E-state index contributed by atoms with van der Waals surface area (Å²) in [5.41, 5.74) is 6.76. The highest BCUT2D eigenvalue weighted by Crippen LogP contribution is 2.13. The lowest BCUT2D eigenvalue weighted by molar-refractivity contribution is -0.119. The van der Waals surface area contributed by atoms with Crippen LogP contribution in [-0.4, -0.2) is 31.6 Å². The summed E-state index contributed by atoms with van der Waals surface area (Å²) in [6.07, 6.45) is 5.27. The van der Waals surface area contributed by atoms with E-state index >= 15 is 0 Å². The number of carbonyl (C=O) groups excluding carboxylic acids is 2. The summed E-state index contributed by atoms with van der Waals surface area (Å²) in [5.74, 6) is 1.73. The van der Waals surface area contributed by atoms with Gasteiger partial charge in [0.05, 0.1) is 6.04 Å². The van der Waals surface area contributed by atoms with Gasteiger partial charge >= 0.3 is 0 Å². The summed E-state index contributed by atoms with van der Waals surface area (Å²) in [6, 6.07) is 5.90. The van der Waals surface area contributed by atoms with Crippen LogP contribution in [0.4, 0.5) is 11.4 Å². The van der Waals surface area contributed by atoms with Crippen molar-refractivity contribution in [2.75, 3.05) is 24.4 Å². The summed E-state index contributed by atoms with van der Waals surface area (Å²) in [7, 11) is 1.44. The molecule has 0 saturated heterocycles. The molecule has 6 nitrogen and oxygen atoms in total. The normalized spacial score (nSPS) is 11.2. The first-order valence-corrected chi connectivity index (χ1v) is 5.95. The summed E-state index contributed by atoms with van der Waals surface area (Å²) in [5, 5.41) is 5.27. The average molecular weight is 275 g/mol. The maximum atomic E-state index is 11.6. The molecule has 0 bridgehead atoms. The van der Waals surface area contributed by atoms with E-state index in [4.69, 9.17) is 16.9 Å². The van der Waals surface area contributed by atoms with Crippen LogP contribution in [0.2, 0.25) is 0 Å². The minimum absolute atomic E-state index is 0.0145. The second-order valence-corrected chi connectivity index (χ2v) is 4.06. The zero-order valence-electron chi connectivity index (χ0n) is 11.2. The van der Waals surface area contributed by atoms with Crippen LogP contribution in [0.1, 0.15) is 6.42 Å². The zero-order valence-corrected chi connectivity index (χ0v) is 11.2. The van der Waals surface area contributed by atoms with Crippen LogP contribution in [0.15, 0.2) is 24.3 Å². The number of ether oxygens (including phenoxy) is 1. The van der Waals surface area contributed by atoms with E-state index in [0.717, 1.165) is 0 Å². The Morgan fingerprint density at radius 1 is 1.30 bits per heavy atom. The van der Waals surface area contributed by atoms with Gasteiger partial charge in [-0.2, -0.15) is 0 Å². The number of anilines is 2. The highest BCUT2D eigenvalue weighted by atomic mass is 16.5. The largest absolute Gasteiger partial charge is 0.375 e. The van der Waals surface area contributed by atoms with Crippen molar-refractivity contribution in [2.24, 2.45) is 5.73 Å². The lowest BCUT2D eigenvalue weighted by Gasteiger charge is -2.10. The molecule has 1 atom stereocenters. The lowest BCUT2D eigenvalue weighted by Crippen LogP contribution is -2.35. The fourth-order valence-corrected chi connectivity index (χ4v) is 1.42. The molecule has 1 aromatic carbocycles. The Hall–Kier alpha value is -2.36. The first-order chi connectivity index (χ1) is 9.56. The molecular formula is C14H17N3O3. The number of methoxy groups -OCH3 is 1. The van der Waals surface area contributed by atoms with E-state index in [-0.39, 0.29) is 24.8 Å². The summed E-state index contributed by atoms with van der Waals surface area (Å²) in [4.78, 5) is 22.9. The molecule has 0 fully saturated rings. The van der Waals surface area contributed by atoms with Crippen LogP contribution < -0.4 is 16.4 Å². The highest BCUT2D eigenvalue weighted by Gasteiger charge is 2.12. The van der Waals surface area contributed by atoms with Gasteiger partial charge in [-0.1, -0.05) is 0 Å². The van der Waals surface area contributed by atoms with Gasteiger partial charge in [-0.25, -0.2) is 0 Å². The lowest BCUT2D eigenvalue weighted by atomic mass is 10.2. The van der Waals surface area contributed by atoms with Crippen molar-refractivity contribution in [3.8, 4) is 12.3 Å². The van der Waals surface area contributed by atoms with Crippen molar-refractivity contribution in [3.63, 3.8) is 0 Å². The highest BCUT2D eigenvalue weighted by molar-refractivity contribution is 5.95. The zero-order chi connectivity index (χ0) is 15.0. The number of hydrogen-bond acceptors (Lipinski definition) is 4. The van der Waals surface area contributed by atoms with Crippen LogP contribution in [0, 0.1) is 12.3 Å². The quantitative estimate of drug-likeness (QED) is 0.661. The molecule has 0 aromatic heterocycles. The van der Waals surface area contributed by atoms with Crippen molar-refractivity contribution in [1.82, 2.24) is 0 Å². The minimum Gasteiger partial charge on any atom is -0.375 e. The third-order valence-corrected chi connectivity index (χ3v) is 2.39. The second kappa shape index (κ2) is 7.94. The number of nitrogens with one attached hydrogen (secondary N) is 2. The van der Waals surface area contributed by atoms with Crippen LogP contribution >= 0.6 is 0 Å². The molecule has 4 N–H and O–H groups in total. The molecule has 2 amide bonds.